The van der Waals surface area contributed by atoms with Crippen molar-refractivity contribution in [2.75, 3.05) is 13.1 Å². The van der Waals surface area contributed by atoms with E-state index in [2.05, 4.69) is 46.8 Å². The van der Waals surface area contributed by atoms with Crippen LogP contribution in [0.3, 0.4) is 0 Å². The molecule has 1 saturated carbocycles. The summed E-state index contributed by atoms with van der Waals surface area (Å²) in [7, 11) is 2.14. The molecule has 1 saturated heterocycles. The topological polar surface area (TPSA) is 25.2 Å². The van der Waals surface area contributed by atoms with Crippen molar-refractivity contribution in [2.45, 2.75) is 25.2 Å². The molecular formula is C17H20N2O. The molecule has 3 nitrogen and oxygen atoms in total. The fraction of sp³-hybridized carbons (Fsp3) is 0.471. The third-order valence-corrected chi connectivity index (χ3v) is 4.83. The van der Waals surface area contributed by atoms with Crippen molar-refractivity contribution in [1.29, 1.82) is 0 Å². The van der Waals surface area contributed by atoms with E-state index in [1.165, 1.54) is 16.6 Å². The Kier molecular flexibility index (Phi) is 2.62. The van der Waals surface area contributed by atoms with Gasteiger partial charge in [0.05, 0.1) is 0 Å². The molecule has 0 spiro atoms. The van der Waals surface area contributed by atoms with Crippen LogP contribution >= 0.6 is 0 Å². The van der Waals surface area contributed by atoms with E-state index in [0.717, 1.165) is 32.4 Å². The van der Waals surface area contributed by atoms with Gasteiger partial charge in [-0.05, 0) is 36.8 Å². The summed E-state index contributed by atoms with van der Waals surface area (Å²) < 4.78 is 2.30. The number of nitrogens with zero attached hydrogens (tertiary/aromatic N) is 2. The normalized spacial score (nSPS) is 22.6. The summed E-state index contributed by atoms with van der Waals surface area (Å²) in [5.41, 5.74) is 2.66. The summed E-state index contributed by atoms with van der Waals surface area (Å²) >= 11 is 0. The van der Waals surface area contributed by atoms with Crippen molar-refractivity contribution >= 4 is 16.8 Å². The molecule has 0 N–H and O–H groups in total. The first kappa shape index (κ1) is 12.0. The van der Waals surface area contributed by atoms with Crippen LogP contribution in [0.15, 0.2) is 30.3 Å². The van der Waals surface area contributed by atoms with Gasteiger partial charge in [-0.2, -0.15) is 0 Å². The molecule has 104 valence electrons. The minimum Gasteiger partial charge on any atom is -0.347 e. The number of carbonyl (C=O) groups is 1. The van der Waals surface area contributed by atoms with E-state index in [-0.39, 0.29) is 0 Å². The highest BCUT2D eigenvalue weighted by molar-refractivity contribution is 5.82. The zero-order valence-electron chi connectivity index (χ0n) is 11.9. The summed E-state index contributed by atoms with van der Waals surface area (Å²) in [5.74, 6) is 1.24. The van der Waals surface area contributed by atoms with Crippen LogP contribution in [0.4, 0.5) is 0 Å². The molecule has 20 heavy (non-hydrogen) atoms. The maximum atomic E-state index is 12.2. The molecule has 0 radical (unpaired) electrons. The minimum atomic E-state index is 0.348. The van der Waals surface area contributed by atoms with Gasteiger partial charge in [0, 0.05) is 43.2 Å². The molecule has 1 unspecified atom stereocenters. The van der Waals surface area contributed by atoms with E-state index in [0.29, 0.717) is 17.7 Å². The fourth-order valence-corrected chi connectivity index (χ4v) is 3.49. The predicted octanol–water partition coefficient (Wildman–Crippen LogP) is 2.90. The van der Waals surface area contributed by atoms with Crippen molar-refractivity contribution in [1.82, 2.24) is 9.47 Å². The number of aromatic nitrogens is 1. The highest BCUT2D eigenvalue weighted by Crippen LogP contribution is 2.36. The summed E-state index contributed by atoms with van der Waals surface area (Å²) in [5, 5.41) is 1.30. The highest BCUT2D eigenvalue weighted by Gasteiger charge is 2.37. The van der Waals surface area contributed by atoms with Crippen LogP contribution in [0.25, 0.3) is 10.9 Å². The van der Waals surface area contributed by atoms with Crippen LogP contribution in [-0.4, -0.2) is 28.5 Å². The number of hydrogen-bond donors (Lipinski definition) is 0. The third-order valence-electron chi connectivity index (χ3n) is 4.83. The number of benzene rings is 1. The number of fused-ring (bicyclic) bond motifs is 1. The smallest absolute Gasteiger partial charge is 0.225 e. The van der Waals surface area contributed by atoms with Crippen LogP contribution in [-0.2, 0) is 11.8 Å². The van der Waals surface area contributed by atoms with Gasteiger partial charge < -0.3 is 9.47 Å². The van der Waals surface area contributed by atoms with Crippen LogP contribution < -0.4 is 0 Å². The van der Waals surface area contributed by atoms with Crippen molar-refractivity contribution in [3.8, 4) is 0 Å². The standard InChI is InChI=1S/C17H20N2O/c1-18-15-5-3-2-4-13(15)10-16(18)14-8-9-19(11-14)17(20)12-6-7-12/h2-5,10,12,14H,6-9,11H2,1H3. The highest BCUT2D eigenvalue weighted by atomic mass is 16.2. The number of aryl methyl sites for hydroxylation is 1. The number of rotatable bonds is 2. The monoisotopic (exact) mass is 268 g/mol. The molecule has 1 amide bonds. The molecule has 2 aromatic rings. The van der Waals surface area contributed by atoms with Crippen LogP contribution in [0.1, 0.15) is 30.9 Å². The Morgan fingerprint density at radius 1 is 1.20 bits per heavy atom. The molecule has 2 heterocycles. The lowest BCUT2D eigenvalue weighted by atomic mass is 10.0. The second kappa shape index (κ2) is 4.37. The SMILES string of the molecule is Cn1c(C2CCN(C(=O)C3CC3)C2)cc2ccccc21. The minimum absolute atomic E-state index is 0.348. The van der Waals surface area contributed by atoms with Crippen molar-refractivity contribution < 1.29 is 4.79 Å². The summed E-state index contributed by atoms with van der Waals surface area (Å²) in [4.78, 5) is 14.2. The Balaban J connectivity index is 1.60. The first-order valence-corrected chi connectivity index (χ1v) is 7.57. The molecule has 1 aliphatic carbocycles. The lowest BCUT2D eigenvalue weighted by molar-refractivity contribution is -0.131. The molecule has 1 aromatic carbocycles. The largest absolute Gasteiger partial charge is 0.347 e. The lowest BCUT2D eigenvalue weighted by Gasteiger charge is -2.16. The Morgan fingerprint density at radius 2 is 2.00 bits per heavy atom. The number of amides is 1. The predicted molar refractivity (Wildman–Crippen MR) is 79.6 cm³/mol. The average Bonchev–Trinajstić information content (AvgIpc) is 3.11. The Labute approximate surface area is 119 Å². The molecule has 3 heteroatoms. The average molecular weight is 268 g/mol. The number of carbonyl (C=O) groups excluding carboxylic acids is 1. The molecule has 1 atom stereocenters. The van der Waals surface area contributed by atoms with E-state index in [4.69, 9.17) is 0 Å². The maximum Gasteiger partial charge on any atom is 0.225 e. The van der Waals surface area contributed by atoms with Gasteiger partial charge in [-0.25, -0.2) is 0 Å². The number of hydrogen-bond acceptors (Lipinski definition) is 1. The van der Waals surface area contributed by atoms with Gasteiger partial charge >= 0.3 is 0 Å². The van der Waals surface area contributed by atoms with E-state index in [9.17, 15) is 4.79 Å². The summed E-state index contributed by atoms with van der Waals surface area (Å²) in [6.07, 6.45) is 3.31. The van der Waals surface area contributed by atoms with E-state index in [1.54, 1.807) is 0 Å². The van der Waals surface area contributed by atoms with Crippen LogP contribution in [0.2, 0.25) is 0 Å². The van der Waals surface area contributed by atoms with Gasteiger partial charge in [0.2, 0.25) is 5.91 Å². The molecule has 1 aromatic heterocycles. The number of likely N-dealkylation sites (tertiary alicyclic amines) is 1. The second-order valence-corrected chi connectivity index (χ2v) is 6.23. The van der Waals surface area contributed by atoms with Crippen LogP contribution in [0.5, 0.6) is 0 Å². The molecule has 0 bridgehead atoms. The fourth-order valence-electron chi connectivity index (χ4n) is 3.49. The lowest BCUT2D eigenvalue weighted by Crippen LogP contribution is -2.29. The third kappa shape index (κ3) is 1.84. The van der Waals surface area contributed by atoms with Gasteiger partial charge in [-0.3, -0.25) is 4.79 Å². The quantitative estimate of drug-likeness (QED) is 0.822. The van der Waals surface area contributed by atoms with Gasteiger partial charge in [0.25, 0.3) is 0 Å². The Morgan fingerprint density at radius 3 is 2.75 bits per heavy atom. The molecule has 1 aliphatic heterocycles. The molecule has 2 fully saturated rings. The van der Waals surface area contributed by atoms with Gasteiger partial charge in [0.15, 0.2) is 0 Å². The van der Waals surface area contributed by atoms with E-state index in [1.807, 2.05) is 0 Å². The number of para-hydroxylation sites is 1. The molecule has 2 aliphatic rings. The van der Waals surface area contributed by atoms with Gasteiger partial charge in [0.1, 0.15) is 0 Å². The summed E-state index contributed by atoms with van der Waals surface area (Å²) in [6.45, 7) is 1.83. The van der Waals surface area contributed by atoms with E-state index < -0.39 is 0 Å². The van der Waals surface area contributed by atoms with Crippen molar-refractivity contribution in [3.63, 3.8) is 0 Å². The van der Waals surface area contributed by atoms with Gasteiger partial charge in [-0.15, -0.1) is 0 Å². The molecular weight excluding hydrogens is 248 g/mol. The van der Waals surface area contributed by atoms with Crippen molar-refractivity contribution in [3.05, 3.63) is 36.0 Å². The Hall–Kier alpha value is -1.77. The summed E-state index contributed by atoms with van der Waals surface area (Å²) in [6, 6.07) is 10.8. The molecule has 4 rings (SSSR count). The van der Waals surface area contributed by atoms with Gasteiger partial charge in [-0.1, -0.05) is 18.2 Å². The van der Waals surface area contributed by atoms with E-state index >= 15 is 0 Å². The Bertz CT molecular complexity index is 669. The first-order valence-electron chi connectivity index (χ1n) is 7.57. The maximum absolute atomic E-state index is 12.2. The zero-order chi connectivity index (χ0) is 13.7. The van der Waals surface area contributed by atoms with Crippen LogP contribution in [0, 0.1) is 5.92 Å². The van der Waals surface area contributed by atoms with Crippen molar-refractivity contribution in [2.24, 2.45) is 13.0 Å². The first-order chi connectivity index (χ1) is 9.74. The second-order valence-electron chi connectivity index (χ2n) is 6.23. The zero-order valence-corrected chi connectivity index (χ0v) is 11.9.